The molecule has 1 heterocycles. The number of rotatable bonds is 11. The Morgan fingerprint density at radius 3 is 2.31 bits per heavy atom. The highest BCUT2D eigenvalue weighted by Gasteiger charge is 2.13. The lowest BCUT2D eigenvalue weighted by Gasteiger charge is -2.10. The summed E-state index contributed by atoms with van der Waals surface area (Å²) in [5, 5.41) is 15.4. The quantitative estimate of drug-likeness (QED) is 0.155. The lowest BCUT2D eigenvalue weighted by Crippen LogP contribution is -2.17. The number of nitrogens with two attached hydrogens (primary N) is 1. The monoisotopic (exact) mass is 501 g/mol. The Kier molecular flexibility index (Phi) is 8.62. The van der Waals surface area contributed by atoms with E-state index in [0.717, 1.165) is 17.3 Å². The number of benzene rings is 2. The van der Waals surface area contributed by atoms with Gasteiger partial charge in [0.05, 0.1) is 39.9 Å². The molecule has 0 unspecified atom stereocenters. The van der Waals surface area contributed by atoms with E-state index in [2.05, 4.69) is 26.0 Å². The van der Waals surface area contributed by atoms with Gasteiger partial charge in [0, 0.05) is 29.4 Å². The van der Waals surface area contributed by atoms with Crippen molar-refractivity contribution in [3.05, 3.63) is 42.0 Å². The van der Waals surface area contributed by atoms with Crippen LogP contribution in [0.2, 0.25) is 0 Å². The number of hydrogen-bond acceptors (Lipinski definition) is 11. The first-order valence-corrected chi connectivity index (χ1v) is 11.3. The topological polar surface area (TPSA) is 147 Å². The van der Waals surface area contributed by atoms with Crippen molar-refractivity contribution in [2.24, 2.45) is 5.10 Å². The number of nitrogens with zero attached hydrogens (tertiary/aromatic N) is 4. The van der Waals surface area contributed by atoms with Gasteiger partial charge in [-0.25, -0.2) is 10.1 Å². The second kappa shape index (κ2) is 11.8. The summed E-state index contributed by atoms with van der Waals surface area (Å²) in [6.45, 7) is 1.82. The van der Waals surface area contributed by atoms with Crippen LogP contribution in [0.3, 0.4) is 0 Å². The fourth-order valence-corrected chi connectivity index (χ4v) is 3.57. The summed E-state index contributed by atoms with van der Waals surface area (Å²) in [4.78, 5) is 12.4. The molecule has 1 amide bonds. The highest BCUT2D eigenvalue weighted by Crippen LogP contribution is 2.28. The SMILES string of the molecule is COc1cc(NC(=O)CSc2nnc(N/N=C(\C)c3ccc(OC)c(OC)c3)n2N)cc(OC)c1. The van der Waals surface area contributed by atoms with E-state index in [0.29, 0.717) is 39.6 Å². The Hall–Kier alpha value is -4.13. The summed E-state index contributed by atoms with van der Waals surface area (Å²) < 4.78 is 22.2. The first-order valence-electron chi connectivity index (χ1n) is 10.3. The van der Waals surface area contributed by atoms with E-state index in [4.69, 9.17) is 24.8 Å². The van der Waals surface area contributed by atoms with Crippen LogP contribution in [0.25, 0.3) is 0 Å². The molecule has 0 saturated carbocycles. The van der Waals surface area contributed by atoms with Gasteiger partial charge in [0.1, 0.15) is 11.5 Å². The molecule has 3 rings (SSSR count). The zero-order valence-corrected chi connectivity index (χ0v) is 20.8. The maximum Gasteiger partial charge on any atom is 0.264 e. The molecule has 0 radical (unpaired) electrons. The second-order valence-electron chi connectivity index (χ2n) is 6.99. The van der Waals surface area contributed by atoms with Crippen LogP contribution in [0.4, 0.5) is 11.6 Å². The predicted molar refractivity (Wildman–Crippen MR) is 134 cm³/mol. The summed E-state index contributed by atoms with van der Waals surface area (Å²) >= 11 is 1.13. The minimum atomic E-state index is -0.259. The molecule has 186 valence electrons. The number of anilines is 2. The Labute approximate surface area is 206 Å². The van der Waals surface area contributed by atoms with Crippen molar-refractivity contribution in [3.8, 4) is 23.0 Å². The van der Waals surface area contributed by atoms with Gasteiger partial charge in [-0.15, -0.1) is 10.2 Å². The predicted octanol–water partition coefficient (Wildman–Crippen LogP) is 2.59. The number of ether oxygens (including phenoxy) is 4. The van der Waals surface area contributed by atoms with Gasteiger partial charge in [0.15, 0.2) is 11.5 Å². The molecule has 0 fully saturated rings. The lowest BCUT2D eigenvalue weighted by atomic mass is 10.1. The molecule has 3 aromatic rings. The number of hydrazone groups is 1. The summed E-state index contributed by atoms with van der Waals surface area (Å²) in [5.74, 6) is 8.41. The van der Waals surface area contributed by atoms with Gasteiger partial charge >= 0.3 is 0 Å². The zero-order chi connectivity index (χ0) is 25.4. The van der Waals surface area contributed by atoms with Crippen molar-refractivity contribution < 1.29 is 23.7 Å². The number of carbonyl (C=O) groups excluding carboxylic acids is 1. The normalized spacial score (nSPS) is 11.1. The Morgan fingerprint density at radius 1 is 1.00 bits per heavy atom. The third-order valence-corrected chi connectivity index (χ3v) is 5.70. The Balaban J connectivity index is 1.60. The number of amides is 1. The summed E-state index contributed by atoms with van der Waals surface area (Å²) in [5.41, 5.74) is 4.82. The van der Waals surface area contributed by atoms with Gasteiger partial charge in [-0.05, 0) is 25.1 Å². The number of thioether (sulfide) groups is 1. The minimum absolute atomic E-state index is 0.0583. The molecule has 0 aliphatic rings. The maximum absolute atomic E-state index is 12.4. The molecule has 0 spiro atoms. The molecule has 0 saturated heterocycles. The number of nitrogens with one attached hydrogen (secondary N) is 2. The van der Waals surface area contributed by atoms with Crippen molar-refractivity contribution >= 4 is 35.0 Å². The van der Waals surface area contributed by atoms with Crippen LogP contribution in [0.1, 0.15) is 12.5 Å². The van der Waals surface area contributed by atoms with Crippen molar-refractivity contribution in [2.75, 3.05) is 50.8 Å². The molecular weight excluding hydrogens is 474 g/mol. The number of aromatic nitrogens is 3. The van der Waals surface area contributed by atoms with E-state index in [1.54, 1.807) is 38.5 Å². The van der Waals surface area contributed by atoms with Crippen molar-refractivity contribution in [3.63, 3.8) is 0 Å². The summed E-state index contributed by atoms with van der Waals surface area (Å²) in [7, 11) is 6.21. The number of hydrogen-bond donors (Lipinski definition) is 3. The van der Waals surface area contributed by atoms with Crippen LogP contribution in [0.15, 0.2) is 46.7 Å². The number of methoxy groups -OCH3 is 4. The molecule has 2 aromatic carbocycles. The van der Waals surface area contributed by atoms with Gasteiger partial charge < -0.3 is 30.1 Å². The average molecular weight is 502 g/mol. The number of nitrogen functional groups attached to an aromatic ring is 1. The van der Waals surface area contributed by atoms with Crippen LogP contribution in [0, 0.1) is 0 Å². The zero-order valence-electron chi connectivity index (χ0n) is 20.0. The third-order valence-electron chi connectivity index (χ3n) is 4.76. The molecular formula is C22H27N7O5S. The van der Waals surface area contributed by atoms with E-state index in [1.807, 2.05) is 19.1 Å². The lowest BCUT2D eigenvalue weighted by molar-refractivity contribution is -0.113. The van der Waals surface area contributed by atoms with E-state index >= 15 is 0 Å². The van der Waals surface area contributed by atoms with Crippen molar-refractivity contribution in [1.82, 2.24) is 14.9 Å². The van der Waals surface area contributed by atoms with E-state index < -0.39 is 0 Å². The summed E-state index contributed by atoms with van der Waals surface area (Å²) in [6.07, 6.45) is 0. The van der Waals surface area contributed by atoms with Gasteiger partial charge in [-0.2, -0.15) is 5.10 Å². The summed E-state index contributed by atoms with van der Waals surface area (Å²) in [6, 6.07) is 10.6. The van der Waals surface area contributed by atoms with Crippen LogP contribution in [0.5, 0.6) is 23.0 Å². The van der Waals surface area contributed by atoms with Gasteiger partial charge in [0.2, 0.25) is 11.1 Å². The van der Waals surface area contributed by atoms with Crippen molar-refractivity contribution in [1.29, 1.82) is 0 Å². The van der Waals surface area contributed by atoms with Crippen molar-refractivity contribution in [2.45, 2.75) is 12.1 Å². The van der Waals surface area contributed by atoms with Crippen LogP contribution >= 0.6 is 11.8 Å². The molecule has 0 aliphatic heterocycles. The number of carbonyl (C=O) groups is 1. The Bertz CT molecular complexity index is 1190. The second-order valence-corrected chi connectivity index (χ2v) is 7.94. The highest BCUT2D eigenvalue weighted by atomic mass is 32.2. The molecule has 1 aromatic heterocycles. The molecule has 0 bridgehead atoms. The highest BCUT2D eigenvalue weighted by molar-refractivity contribution is 7.99. The molecule has 35 heavy (non-hydrogen) atoms. The standard InChI is InChI=1S/C22H27N7O5S/c1-13(14-6-7-18(33-4)19(8-14)34-5)25-26-21-27-28-22(29(21)23)35-12-20(30)24-15-9-16(31-2)11-17(10-15)32-3/h6-11H,12,23H2,1-5H3,(H,24,30)(H,26,27)/b25-13+. The molecule has 4 N–H and O–H groups in total. The van der Waals surface area contributed by atoms with Gasteiger partial charge in [-0.3, -0.25) is 4.79 Å². The Morgan fingerprint density at radius 2 is 1.69 bits per heavy atom. The fourth-order valence-electron chi connectivity index (χ4n) is 2.92. The van der Waals surface area contributed by atoms with E-state index in [9.17, 15) is 4.79 Å². The molecule has 0 atom stereocenters. The molecule has 13 heteroatoms. The average Bonchev–Trinajstić information content (AvgIpc) is 3.24. The van der Waals surface area contributed by atoms with Crippen LogP contribution in [-0.2, 0) is 4.79 Å². The minimum Gasteiger partial charge on any atom is -0.497 e. The van der Waals surface area contributed by atoms with Crippen LogP contribution < -0.4 is 35.5 Å². The molecule has 0 aliphatic carbocycles. The first kappa shape index (κ1) is 25.5. The third kappa shape index (κ3) is 6.47. The smallest absolute Gasteiger partial charge is 0.264 e. The van der Waals surface area contributed by atoms with Gasteiger partial charge in [0.25, 0.3) is 5.95 Å². The maximum atomic E-state index is 12.4. The van der Waals surface area contributed by atoms with Gasteiger partial charge in [-0.1, -0.05) is 11.8 Å². The van der Waals surface area contributed by atoms with Crippen LogP contribution in [-0.4, -0.2) is 60.7 Å². The van der Waals surface area contributed by atoms with E-state index in [-0.39, 0.29) is 17.6 Å². The first-order chi connectivity index (χ1) is 16.9. The fraction of sp³-hybridized carbons (Fsp3) is 0.273. The molecule has 12 nitrogen and oxygen atoms in total. The largest absolute Gasteiger partial charge is 0.497 e. The van der Waals surface area contributed by atoms with E-state index in [1.165, 1.54) is 18.9 Å².